The molecule has 0 saturated carbocycles. The van der Waals surface area contributed by atoms with Crippen LogP contribution in [0.4, 0.5) is 21.9 Å². The van der Waals surface area contributed by atoms with Crippen molar-refractivity contribution in [3.63, 3.8) is 0 Å². The number of benzene rings is 4. The molecule has 0 saturated heterocycles. The number of ether oxygens (including phenoxy) is 2. The third-order valence-corrected chi connectivity index (χ3v) is 6.95. The van der Waals surface area contributed by atoms with Crippen LogP contribution in [0.15, 0.2) is 109 Å². The molecule has 0 radical (unpaired) electrons. The second-order valence-corrected chi connectivity index (χ2v) is 10.1. The Morgan fingerprint density at radius 1 is 0.756 bits per heavy atom. The minimum absolute atomic E-state index is 0.0676. The van der Waals surface area contributed by atoms with Crippen molar-refractivity contribution in [3.05, 3.63) is 120 Å². The van der Waals surface area contributed by atoms with E-state index in [4.69, 9.17) is 9.47 Å². The Morgan fingerprint density at radius 3 is 2.16 bits per heavy atom. The lowest BCUT2D eigenvalue weighted by molar-refractivity contribution is -0.139. The Hall–Kier alpha value is -5.64. The molecule has 0 atom stereocenters. The van der Waals surface area contributed by atoms with Gasteiger partial charge in [0.1, 0.15) is 5.75 Å². The van der Waals surface area contributed by atoms with Gasteiger partial charge in [0.2, 0.25) is 5.91 Å². The van der Waals surface area contributed by atoms with E-state index < -0.39 is 12.0 Å². The van der Waals surface area contributed by atoms with Crippen LogP contribution in [0.5, 0.6) is 5.75 Å². The lowest BCUT2D eigenvalue weighted by atomic mass is 10.1. The van der Waals surface area contributed by atoms with Gasteiger partial charge in [-0.15, -0.1) is 0 Å². The maximum Gasteiger partial charge on any atom is 0.319 e. The van der Waals surface area contributed by atoms with Gasteiger partial charge in [-0.2, -0.15) is 0 Å². The summed E-state index contributed by atoms with van der Waals surface area (Å²) >= 11 is 0. The van der Waals surface area contributed by atoms with Crippen LogP contribution < -0.4 is 25.2 Å². The van der Waals surface area contributed by atoms with E-state index in [1.807, 2.05) is 60.7 Å². The van der Waals surface area contributed by atoms with Crippen LogP contribution in [0, 0.1) is 0 Å². The van der Waals surface area contributed by atoms with Gasteiger partial charge in [0.25, 0.3) is 5.91 Å². The highest BCUT2D eigenvalue weighted by Crippen LogP contribution is 2.29. The molecule has 2 N–H and O–H groups in total. The second-order valence-electron chi connectivity index (χ2n) is 10.1. The highest BCUT2D eigenvalue weighted by atomic mass is 16.5. The zero-order chi connectivity index (χ0) is 32.0. The minimum atomic E-state index is -0.583. The number of carbonyl (C=O) groups excluding carboxylic acids is 4. The number of likely N-dealkylation sites (N-methyl/N-ethyl adjacent to an activating group) is 1. The van der Waals surface area contributed by atoms with Crippen molar-refractivity contribution in [1.82, 2.24) is 5.32 Å². The summed E-state index contributed by atoms with van der Waals surface area (Å²) in [5.74, 6) is -0.660. The molecule has 4 aromatic carbocycles. The van der Waals surface area contributed by atoms with Gasteiger partial charge >= 0.3 is 12.0 Å². The Labute approximate surface area is 262 Å². The van der Waals surface area contributed by atoms with E-state index in [2.05, 4.69) is 10.6 Å². The summed E-state index contributed by atoms with van der Waals surface area (Å²) in [6, 6.07) is 32.2. The van der Waals surface area contributed by atoms with E-state index >= 15 is 0 Å². The van der Waals surface area contributed by atoms with Gasteiger partial charge in [-0.05, 0) is 53.9 Å². The number of hydrogen-bond donors (Lipinski definition) is 2. The van der Waals surface area contributed by atoms with E-state index in [1.54, 1.807) is 60.5 Å². The number of urea groups is 1. The lowest BCUT2D eigenvalue weighted by Gasteiger charge is -2.26. The third kappa shape index (κ3) is 9.69. The first-order chi connectivity index (χ1) is 21.8. The van der Waals surface area contributed by atoms with Gasteiger partial charge in [-0.25, -0.2) is 4.79 Å². The predicted molar refractivity (Wildman–Crippen MR) is 173 cm³/mol. The molecule has 4 rings (SSSR count). The summed E-state index contributed by atoms with van der Waals surface area (Å²) in [7, 11) is 2.99. The maximum absolute atomic E-state index is 13.6. The zero-order valence-electron chi connectivity index (χ0n) is 25.3. The monoisotopic (exact) mass is 608 g/mol. The first-order valence-electron chi connectivity index (χ1n) is 14.4. The molecule has 45 heavy (non-hydrogen) atoms. The largest absolute Gasteiger partial charge is 0.482 e. The molecule has 10 heteroatoms. The zero-order valence-corrected chi connectivity index (χ0v) is 25.3. The smallest absolute Gasteiger partial charge is 0.319 e. The van der Waals surface area contributed by atoms with Crippen LogP contribution >= 0.6 is 0 Å². The summed E-state index contributed by atoms with van der Waals surface area (Å²) in [6.45, 7) is -0.231. The van der Waals surface area contributed by atoms with Crippen LogP contribution in [-0.4, -0.2) is 57.7 Å². The number of para-hydroxylation sites is 3. The van der Waals surface area contributed by atoms with Crippen molar-refractivity contribution in [2.45, 2.75) is 12.8 Å². The molecule has 0 aliphatic rings. The van der Waals surface area contributed by atoms with Gasteiger partial charge < -0.3 is 29.9 Å². The SMILES string of the molecule is COC(=O)Cc1cccc(NC(=O)NCC(=O)N(CCc2ccccc2)c2ccccc2OCC(=O)N(C)c2ccccc2)c1. The number of rotatable bonds is 13. The fourth-order valence-electron chi connectivity index (χ4n) is 4.52. The number of nitrogens with zero attached hydrogens (tertiary/aromatic N) is 2. The average Bonchev–Trinajstić information content (AvgIpc) is 3.07. The maximum atomic E-state index is 13.6. The Kier molecular flexibility index (Phi) is 11.7. The van der Waals surface area contributed by atoms with Crippen molar-refractivity contribution in [2.75, 3.05) is 49.0 Å². The minimum Gasteiger partial charge on any atom is -0.482 e. The quantitative estimate of drug-likeness (QED) is 0.210. The molecular weight excluding hydrogens is 572 g/mol. The van der Waals surface area contributed by atoms with E-state index in [0.29, 0.717) is 35.7 Å². The number of amides is 4. The number of anilines is 3. The molecule has 0 unspecified atom stereocenters. The topological polar surface area (TPSA) is 117 Å². The molecule has 232 valence electrons. The number of methoxy groups -OCH3 is 1. The standard InChI is InChI=1S/C35H36N4O6/c1-38(29-16-7-4-8-17-29)33(41)25-45-31-19-10-9-18-30(31)39(21-20-26-12-5-3-6-13-26)32(40)24-36-35(43)37-28-15-11-14-27(22-28)23-34(42)44-2/h3-19,22H,20-21,23-25H2,1-2H3,(H2,36,37,43). The molecule has 0 heterocycles. The van der Waals surface area contributed by atoms with Crippen molar-refractivity contribution in [3.8, 4) is 5.75 Å². The van der Waals surface area contributed by atoms with Crippen molar-refractivity contribution >= 4 is 40.9 Å². The van der Waals surface area contributed by atoms with Crippen LogP contribution in [-0.2, 0) is 32.0 Å². The number of nitrogens with one attached hydrogen (secondary N) is 2. The van der Waals surface area contributed by atoms with Crippen LogP contribution in [0.25, 0.3) is 0 Å². The van der Waals surface area contributed by atoms with E-state index in [1.165, 1.54) is 12.0 Å². The first-order valence-corrected chi connectivity index (χ1v) is 14.4. The highest BCUT2D eigenvalue weighted by molar-refractivity contribution is 5.99. The molecule has 4 amide bonds. The van der Waals surface area contributed by atoms with Gasteiger partial charge in [-0.1, -0.05) is 72.8 Å². The van der Waals surface area contributed by atoms with Gasteiger partial charge in [0.15, 0.2) is 6.61 Å². The van der Waals surface area contributed by atoms with Crippen LogP contribution in [0.3, 0.4) is 0 Å². The highest BCUT2D eigenvalue weighted by Gasteiger charge is 2.21. The fourth-order valence-corrected chi connectivity index (χ4v) is 4.52. The Morgan fingerprint density at radius 2 is 1.42 bits per heavy atom. The molecule has 0 aliphatic carbocycles. The molecule has 0 aromatic heterocycles. The summed E-state index contributed by atoms with van der Waals surface area (Å²) in [5, 5.41) is 5.31. The average molecular weight is 609 g/mol. The molecule has 0 spiro atoms. The number of hydrogen-bond acceptors (Lipinski definition) is 6. The molecule has 4 aromatic rings. The van der Waals surface area contributed by atoms with E-state index in [9.17, 15) is 19.2 Å². The molecule has 0 aliphatic heterocycles. The summed E-state index contributed by atoms with van der Waals surface area (Å²) < 4.78 is 10.7. The van der Waals surface area contributed by atoms with Crippen molar-refractivity contribution in [1.29, 1.82) is 0 Å². The normalized spacial score (nSPS) is 10.4. The Balaban J connectivity index is 1.45. The predicted octanol–water partition coefficient (Wildman–Crippen LogP) is 4.84. The van der Waals surface area contributed by atoms with E-state index in [0.717, 1.165) is 11.3 Å². The van der Waals surface area contributed by atoms with Crippen LogP contribution in [0.1, 0.15) is 11.1 Å². The second kappa shape index (κ2) is 16.3. The molecular formula is C35H36N4O6. The van der Waals surface area contributed by atoms with Crippen molar-refractivity contribution in [2.24, 2.45) is 0 Å². The molecule has 10 nitrogen and oxygen atoms in total. The summed E-state index contributed by atoms with van der Waals surface area (Å²) in [4.78, 5) is 53.9. The molecule has 0 fully saturated rings. The first kappa shape index (κ1) is 32.3. The number of esters is 1. The van der Waals surface area contributed by atoms with E-state index in [-0.39, 0.29) is 31.4 Å². The summed E-state index contributed by atoms with van der Waals surface area (Å²) in [6.07, 6.45) is 0.619. The lowest BCUT2D eigenvalue weighted by Crippen LogP contribution is -2.42. The fraction of sp³-hybridized carbons (Fsp3) is 0.200. The van der Waals surface area contributed by atoms with Crippen LogP contribution in [0.2, 0.25) is 0 Å². The Bertz CT molecular complexity index is 1600. The summed E-state index contributed by atoms with van der Waals surface area (Å²) in [5.41, 5.74) is 3.38. The van der Waals surface area contributed by atoms with Gasteiger partial charge in [0.05, 0.1) is 25.8 Å². The van der Waals surface area contributed by atoms with Gasteiger partial charge in [0, 0.05) is 25.0 Å². The third-order valence-electron chi connectivity index (χ3n) is 6.95. The van der Waals surface area contributed by atoms with Gasteiger partial charge in [-0.3, -0.25) is 14.4 Å². The van der Waals surface area contributed by atoms with Crippen molar-refractivity contribution < 1.29 is 28.7 Å². The number of carbonyl (C=O) groups is 4. The molecule has 0 bridgehead atoms.